The lowest BCUT2D eigenvalue weighted by molar-refractivity contribution is -0.124. The molecule has 0 aromatic heterocycles. The third-order valence-electron chi connectivity index (χ3n) is 5.06. The number of carbonyl (C=O) groups is 3. The number of rotatable bonds is 3. The summed E-state index contributed by atoms with van der Waals surface area (Å²) in [7, 11) is 0. The summed E-state index contributed by atoms with van der Waals surface area (Å²) in [6.45, 7) is -0.00811. The van der Waals surface area contributed by atoms with Gasteiger partial charge in [0, 0.05) is 24.4 Å². The lowest BCUT2D eigenvalue weighted by Crippen LogP contribution is -2.47. The van der Waals surface area contributed by atoms with Gasteiger partial charge < -0.3 is 15.1 Å². The second-order valence-corrected chi connectivity index (χ2v) is 6.90. The van der Waals surface area contributed by atoms with Crippen LogP contribution in [0.5, 0.6) is 0 Å². The minimum atomic E-state index is -1.64. The van der Waals surface area contributed by atoms with Gasteiger partial charge >= 0.3 is 0 Å². The average Bonchev–Trinajstić information content (AvgIpc) is 3.16. The number of nitrogens with zero attached hydrogens (tertiary/aromatic N) is 2. The highest BCUT2D eigenvalue weighted by Crippen LogP contribution is 2.32. The summed E-state index contributed by atoms with van der Waals surface area (Å²) < 4.78 is 39.8. The molecule has 0 saturated carbocycles. The Bertz CT molecular complexity index is 1000. The van der Waals surface area contributed by atoms with E-state index in [9.17, 15) is 27.6 Å². The largest absolute Gasteiger partial charge is 0.327 e. The van der Waals surface area contributed by atoms with Crippen LogP contribution in [0.2, 0.25) is 0 Å². The average molecular weight is 403 g/mol. The van der Waals surface area contributed by atoms with Gasteiger partial charge in [0.05, 0.1) is 11.3 Å². The first kappa shape index (κ1) is 19.0. The third-order valence-corrected chi connectivity index (χ3v) is 5.06. The summed E-state index contributed by atoms with van der Waals surface area (Å²) in [4.78, 5) is 41.1. The molecule has 2 aliphatic rings. The van der Waals surface area contributed by atoms with Crippen LogP contribution in [0.3, 0.4) is 0 Å². The van der Waals surface area contributed by atoms with Crippen molar-refractivity contribution in [3.8, 4) is 0 Å². The topological polar surface area (TPSA) is 69.7 Å². The standard InChI is InChI=1S/C20H16F3N3O3/c21-13-8-11(9-14(22)18(13)23)24-17(27)10-26-15-5-2-1-4-12(15)19(28)25-7-3-6-16(25)20(26)29/h1-2,4-5,8-9,16H,3,6-7,10H2,(H,24,27). The molecule has 150 valence electrons. The first-order chi connectivity index (χ1) is 13.9. The number of para-hydroxylation sites is 1. The maximum Gasteiger partial charge on any atom is 0.256 e. The van der Waals surface area contributed by atoms with Crippen LogP contribution in [0.4, 0.5) is 24.5 Å². The predicted octanol–water partition coefficient (Wildman–Crippen LogP) is 2.69. The molecule has 2 heterocycles. The minimum Gasteiger partial charge on any atom is -0.327 e. The van der Waals surface area contributed by atoms with Gasteiger partial charge in [-0.1, -0.05) is 12.1 Å². The van der Waals surface area contributed by atoms with E-state index in [0.29, 0.717) is 42.8 Å². The molecule has 0 radical (unpaired) electrons. The van der Waals surface area contributed by atoms with E-state index in [1.807, 2.05) is 0 Å². The Labute approximate surface area is 163 Å². The fourth-order valence-corrected chi connectivity index (χ4v) is 3.74. The van der Waals surface area contributed by atoms with Crippen molar-refractivity contribution in [2.24, 2.45) is 0 Å². The van der Waals surface area contributed by atoms with Gasteiger partial charge in [-0.3, -0.25) is 14.4 Å². The van der Waals surface area contributed by atoms with Gasteiger partial charge in [-0.15, -0.1) is 0 Å². The van der Waals surface area contributed by atoms with Gasteiger partial charge in [0.1, 0.15) is 12.6 Å². The molecule has 1 unspecified atom stereocenters. The first-order valence-electron chi connectivity index (χ1n) is 9.02. The number of fused-ring (bicyclic) bond motifs is 2. The van der Waals surface area contributed by atoms with Gasteiger partial charge in [0.15, 0.2) is 17.5 Å². The van der Waals surface area contributed by atoms with E-state index in [1.165, 1.54) is 9.80 Å². The molecule has 2 aliphatic heterocycles. The molecule has 1 N–H and O–H groups in total. The molecule has 9 heteroatoms. The maximum atomic E-state index is 13.4. The predicted molar refractivity (Wildman–Crippen MR) is 97.8 cm³/mol. The quantitative estimate of drug-likeness (QED) is 0.802. The van der Waals surface area contributed by atoms with Crippen LogP contribution in [-0.4, -0.2) is 41.8 Å². The van der Waals surface area contributed by atoms with E-state index in [0.717, 1.165) is 0 Å². The molecule has 1 saturated heterocycles. The normalized spacial score (nSPS) is 18.4. The highest BCUT2D eigenvalue weighted by Gasteiger charge is 2.42. The number of hydrogen-bond acceptors (Lipinski definition) is 3. The molecule has 3 amide bonds. The number of hydrogen-bond donors (Lipinski definition) is 1. The minimum absolute atomic E-state index is 0.276. The maximum absolute atomic E-state index is 13.4. The van der Waals surface area contributed by atoms with Crippen LogP contribution >= 0.6 is 0 Å². The smallest absolute Gasteiger partial charge is 0.256 e. The highest BCUT2D eigenvalue weighted by molar-refractivity contribution is 6.13. The molecule has 0 aliphatic carbocycles. The molecule has 2 aromatic rings. The fourth-order valence-electron chi connectivity index (χ4n) is 3.74. The Kier molecular flexibility index (Phi) is 4.73. The van der Waals surface area contributed by atoms with Gasteiger partial charge in [0.2, 0.25) is 11.8 Å². The number of amides is 3. The zero-order valence-corrected chi connectivity index (χ0v) is 15.1. The van der Waals surface area contributed by atoms with E-state index in [4.69, 9.17) is 0 Å². The van der Waals surface area contributed by atoms with Gasteiger partial charge in [-0.25, -0.2) is 13.2 Å². The van der Waals surface area contributed by atoms with Crippen molar-refractivity contribution in [3.05, 3.63) is 59.4 Å². The summed E-state index contributed by atoms with van der Waals surface area (Å²) in [5.41, 5.74) is 0.320. The number of nitrogens with one attached hydrogen (secondary N) is 1. The Morgan fingerprint density at radius 3 is 2.52 bits per heavy atom. The summed E-state index contributed by atoms with van der Waals surface area (Å²) in [6, 6.07) is 7.10. The molecule has 2 aromatic carbocycles. The van der Waals surface area contributed by atoms with Crippen LogP contribution in [0.15, 0.2) is 36.4 Å². The summed E-state index contributed by atoms with van der Waals surface area (Å²) >= 11 is 0. The summed E-state index contributed by atoms with van der Waals surface area (Å²) in [5.74, 6) is -5.93. The lowest BCUT2D eigenvalue weighted by Gasteiger charge is -2.25. The van der Waals surface area contributed by atoms with Crippen molar-refractivity contribution in [2.45, 2.75) is 18.9 Å². The second-order valence-electron chi connectivity index (χ2n) is 6.90. The molecule has 1 fully saturated rings. The molecule has 0 spiro atoms. The number of carbonyl (C=O) groups excluding carboxylic acids is 3. The zero-order valence-electron chi connectivity index (χ0n) is 15.1. The fraction of sp³-hybridized carbons (Fsp3) is 0.250. The van der Waals surface area contributed by atoms with Gasteiger partial charge in [-0.05, 0) is 25.0 Å². The number of anilines is 2. The van der Waals surface area contributed by atoms with Crippen molar-refractivity contribution >= 4 is 29.1 Å². The zero-order chi connectivity index (χ0) is 20.7. The second kappa shape index (κ2) is 7.23. The van der Waals surface area contributed by atoms with E-state index >= 15 is 0 Å². The molecule has 4 rings (SSSR count). The monoisotopic (exact) mass is 403 g/mol. The molecule has 29 heavy (non-hydrogen) atoms. The Morgan fingerprint density at radius 2 is 1.79 bits per heavy atom. The van der Waals surface area contributed by atoms with Crippen LogP contribution in [0.25, 0.3) is 0 Å². The SMILES string of the molecule is O=C(CN1C(=O)C2CCCN2C(=O)c2ccccc21)Nc1cc(F)c(F)c(F)c1. The van der Waals surface area contributed by atoms with Gasteiger partial charge in [0.25, 0.3) is 5.91 Å². The van der Waals surface area contributed by atoms with E-state index in [1.54, 1.807) is 24.3 Å². The number of benzene rings is 2. The molecule has 6 nitrogen and oxygen atoms in total. The Morgan fingerprint density at radius 1 is 1.10 bits per heavy atom. The Balaban J connectivity index is 1.63. The van der Waals surface area contributed by atoms with Crippen molar-refractivity contribution in [2.75, 3.05) is 23.3 Å². The Hall–Kier alpha value is -3.36. The third kappa shape index (κ3) is 3.32. The van der Waals surface area contributed by atoms with E-state index < -0.39 is 41.9 Å². The van der Waals surface area contributed by atoms with Crippen molar-refractivity contribution in [1.82, 2.24) is 4.90 Å². The number of halogens is 3. The first-order valence-corrected chi connectivity index (χ1v) is 9.02. The van der Waals surface area contributed by atoms with Gasteiger partial charge in [-0.2, -0.15) is 0 Å². The summed E-state index contributed by atoms with van der Waals surface area (Å²) in [6.07, 6.45) is 1.17. The molecular formula is C20H16F3N3O3. The van der Waals surface area contributed by atoms with E-state index in [2.05, 4.69) is 5.32 Å². The molecule has 0 bridgehead atoms. The molecular weight excluding hydrogens is 387 g/mol. The van der Waals surface area contributed by atoms with Crippen molar-refractivity contribution in [3.63, 3.8) is 0 Å². The highest BCUT2D eigenvalue weighted by atomic mass is 19.2. The van der Waals surface area contributed by atoms with Crippen molar-refractivity contribution in [1.29, 1.82) is 0 Å². The molecule has 1 atom stereocenters. The lowest BCUT2D eigenvalue weighted by atomic mass is 10.1. The van der Waals surface area contributed by atoms with Crippen LogP contribution < -0.4 is 10.2 Å². The van der Waals surface area contributed by atoms with Crippen LogP contribution in [0.1, 0.15) is 23.2 Å². The van der Waals surface area contributed by atoms with Crippen molar-refractivity contribution < 1.29 is 27.6 Å². The van der Waals surface area contributed by atoms with E-state index in [-0.39, 0.29) is 11.6 Å². The van der Waals surface area contributed by atoms with Crippen LogP contribution in [0, 0.1) is 17.5 Å². The van der Waals surface area contributed by atoms with Crippen LogP contribution in [-0.2, 0) is 9.59 Å². The summed E-state index contributed by atoms with van der Waals surface area (Å²) in [5, 5.41) is 2.26.